The van der Waals surface area contributed by atoms with Crippen LogP contribution in [-0.4, -0.2) is 14.1 Å². The molecule has 0 aromatic heterocycles. The Hall–Kier alpha value is -1.50. The highest BCUT2D eigenvalue weighted by Crippen LogP contribution is 2.18. The third-order valence-electron chi connectivity index (χ3n) is 1.83. The molecular formula is C12H15N. The predicted octanol–water partition coefficient (Wildman–Crippen LogP) is 2.95. The standard InChI is InChI=1S/C12H15N/c1-4-5-8-11-9-6-7-10-12(11)13(2)3/h4-10H,1H2,2-3H3. The highest BCUT2D eigenvalue weighted by Gasteiger charge is 1.98. The van der Waals surface area contributed by atoms with Gasteiger partial charge in [0, 0.05) is 19.8 Å². The minimum atomic E-state index is 1.22. The number of benzene rings is 1. The van der Waals surface area contributed by atoms with Crippen molar-refractivity contribution in [2.75, 3.05) is 19.0 Å². The number of hydrogen-bond donors (Lipinski definition) is 0. The number of anilines is 1. The van der Waals surface area contributed by atoms with Crippen LogP contribution in [0.1, 0.15) is 5.56 Å². The third-order valence-corrected chi connectivity index (χ3v) is 1.83. The SMILES string of the molecule is C=CC=Cc1ccccc1N(C)C. The van der Waals surface area contributed by atoms with Gasteiger partial charge in [-0.2, -0.15) is 0 Å². The van der Waals surface area contributed by atoms with Gasteiger partial charge in [-0.1, -0.05) is 43.0 Å². The molecule has 0 fully saturated rings. The van der Waals surface area contributed by atoms with E-state index in [4.69, 9.17) is 0 Å². The lowest BCUT2D eigenvalue weighted by Crippen LogP contribution is -2.09. The van der Waals surface area contributed by atoms with Gasteiger partial charge < -0.3 is 4.90 Å². The van der Waals surface area contributed by atoms with E-state index in [9.17, 15) is 0 Å². The van der Waals surface area contributed by atoms with Crippen LogP contribution in [0.2, 0.25) is 0 Å². The Morgan fingerprint density at radius 2 is 1.92 bits per heavy atom. The molecule has 0 spiro atoms. The summed E-state index contributed by atoms with van der Waals surface area (Å²) in [5.74, 6) is 0. The molecule has 0 radical (unpaired) electrons. The first-order chi connectivity index (χ1) is 6.25. The van der Waals surface area contributed by atoms with Crippen LogP contribution in [-0.2, 0) is 0 Å². The van der Waals surface area contributed by atoms with E-state index in [1.807, 2.05) is 32.3 Å². The summed E-state index contributed by atoms with van der Waals surface area (Å²) in [7, 11) is 4.08. The van der Waals surface area contributed by atoms with Gasteiger partial charge in [-0.05, 0) is 11.6 Å². The quantitative estimate of drug-likeness (QED) is 0.635. The molecule has 0 amide bonds. The second-order valence-corrected chi connectivity index (χ2v) is 3.05. The number of rotatable bonds is 3. The maximum atomic E-state index is 3.65. The van der Waals surface area contributed by atoms with Crippen molar-refractivity contribution in [3.05, 3.63) is 48.6 Å². The third kappa shape index (κ3) is 2.48. The zero-order valence-electron chi connectivity index (χ0n) is 8.20. The van der Waals surface area contributed by atoms with Crippen molar-refractivity contribution in [3.63, 3.8) is 0 Å². The van der Waals surface area contributed by atoms with Crippen LogP contribution in [0.15, 0.2) is 43.0 Å². The molecule has 1 nitrogen and oxygen atoms in total. The van der Waals surface area contributed by atoms with E-state index < -0.39 is 0 Å². The first-order valence-corrected chi connectivity index (χ1v) is 4.31. The highest BCUT2D eigenvalue weighted by atomic mass is 15.1. The predicted molar refractivity (Wildman–Crippen MR) is 60.0 cm³/mol. The van der Waals surface area contributed by atoms with E-state index >= 15 is 0 Å². The molecule has 0 unspecified atom stereocenters. The smallest absolute Gasteiger partial charge is 0.0434 e. The summed E-state index contributed by atoms with van der Waals surface area (Å²) >= 11 is 0. The van der Waals surface area contributed by atoms with Crippen molar-refractivity contribution in [3.8, 4) is 0 Å². The highest BCUT2D eigenvalue weighted by molar-refractivity contribution is 5.67. The fourth-order valence-electron chi connectivity index (χ4n) is 1.21. The van der Waals surface area contributed by atoms with Gasteiger partial charge in [0.2, 0.25) is 0 Å². The zero-order chi connectivity index (χ0) is 9.68. The second kappa shape index (κ2) is 4.51. The van der Waals surface area contributed by atoms with Gasteiger partial charge in [-0.3, -0.25) is 0 Å². The van der Waals surface area contributed by atoms with Gasteiger partial charge in [0.05, 0.1) is 0 Å². The Kier molecular flexibility index (Phi) is 3.32. The van der Waals surface area contributed by atoms with Crippen molar-refractivity contribution < 1.29 is 0 Å². The van der Waals surface area contributed by atoms with Gasteiger partial charge in [0.1, 0.15) is 0 Å². The molecule has 0 saturated heterocycles. The maximum Gasteiger partial charge on any atom is 0.0434 e. The summed E-state index contributed by atoms with van der Waals surface area (Å²) in [6.07, 6.45) is 5.79. The lowest BCUT2D eigenvalue weighted by atomic mass is 10.1. The monoisotopic (exact) mass is 173 g/mol. The zero-order valence-corrected chi connectivity index (χ0v) is 8.20. The minimum absolute atomic E-state index is 1.22. The molecule has 0 heterocycles. The Morgan fingerprint density at radius 3 is 2.54 bits per heavy atom. The Balaban J connectivity index is 3.04. The topological polar surface area (TPSA) is 3.24 Å². The lowest BCUT2D eigenvalue weighted by Gasteiger charge is -2.14. The summed E-state index contributed by atoms with van der Waals surface area (Å²) in [6, 6.07) is 8.27. The fraction of sp³-hybridized carbons (Fsp3) is 0.167. The lowest BCUT2D eigenvalue weighted by molar-refractivity contribution is 1.13. The van der Waals surface area contributed by atoms with E-state index in [0.717, 1.165) is 0 Å². The Morgan fingerprint density at radius 1 is 1.23 bits per heavy atom. The van der Waals surface area contributed by atoms with Crippen LogP contribution in [0.5, 0.6) is 0 Å². The molecular weight excluding hydrogens is 158 g/mol. The molecule has 0 atom stereocenters. The van der Waals surface area contributed by atoms with Crippen molar-refractivity contribution in [1.29, 1.82) is 0 Å². The molecule has 0 aliphatic heterocycles. The molecule has 0 aliphatic carbocycles. The molecule has 68 valence electrons. The normalized spacial score (nSPS) is 10.3. The maximum absolute atomic E-state index is 3.65. The first-order valence-electron chi connectivity index (χ1n) is 4.31. The van der Waals surface area contributed by atoms with Crippen molar-refractivity contribution >= 4 is 11.8 Å². The summed E-state index contributed by atoms with van der Waals surface area (Å²) in [5, 5.41) is 0. The van der Waals surface area contributed by atoms with Crippen LogP contribution in [0.4, 0.5) is 5.69 Å². The number of allylic oxidation sites excluding steroid dienone is 2. The van der Waals surface area contributed by atoms with E-state index in [1.54, 1.807) is 6.08 Å². The van der Waals surface area contributed by atoms with Gasteiger partial charge in [-0.15, -0.1) is 0 Å². The average molecular weight is 173 g/mol. The van der Waals surface area contributed by atoms with E-state index in [-0.39, 0.29) is 0 Å². The summed E-state index contributed by atoms with van der Waals surface area (Å²) in [4.78, 5) is 2.10. The summed E-state index contributed by atoms with van der Waals surface area (Å²) in [5.41, 5.74) is 2.44. The van der Waals surface area contributed by atoms with E-state index in [0.29, 0.717) is 0 Å². The number of hydrogen-bond acceptors (Lipinski definition) is 1. The summed E-state index contributed by atoms with van der Waals surface area (Å²) in [6.45, 7) is 3.65. The molecule has 0 N–H and O–H groups in total. The van der Waals surface area contributed by atoms with Crippen molar-refractivity contribution in [2.24, 2.45) is 0 Å². The van der Waals surface area contributed by atoms with Crippen LogP contribution in [0.3, 0.4) is 0 Å². The molecule has 1 aromatic rings. The fourth-order valence-corrected chi connectivity index (χ4v) is 1.21. The minimum Gasteiger partial charge on any atom is -0.377 e. The molecule has 13 heavy (non-hydrogen) atoms. The van der Waals surface area contributed by atoms with Crippen LogP contribution in [0.25, 0.3) is 6.08 Å². The second-order valence-electron chi connectivity index (χ2n) is 3.05. The van der Waals surface area contributed by atoms with Gasteiger partial charge in [0.25, 0.3) is 0 Å². The number of para-hydroxylation sites is 1. The van der Waals surface area contributed by atoms with E-state index in [2.05, 4.69) is 29.7 Å². The largest absolute Gasteiger partial charge is 0.377 e. The van der Waals surface area contributed by atoms with Crippen molar-refractivity contribution in [1.82, 2.24) is 0 Å². The Bertz CT molecular complexity index is 311. The van der Waals surface area contributed by atoms with Crippen LogP contribution >= 0.6 is 0 Å². The number of nitrogens with zero attached hydrogens (tertiary/aromatic N) is 1. The van der Waals surface area contributed by atoms with E-state index in [1.165, 1.54) is 11.3 Å². The van der Waals surface area contributed by atoms with Gasteiger partial charge >= 0.3 is 0 Å². The Labute approximate surface area is 80.0 Å². The van der Waals surface area contributed by atoms with Crippen LogP contribution in [0, 0.1) is 0 Å². The van der Waals surface area contributed by atoms with Gasteiger partial charge in [0.15, 0.2) is 0 Å². The van der Waals surface area contributed by atoms with Crippen LogP contribution < -0.4 is 4.90 Å². The summed E-state index contributed by atoms with van der Waals surface area (Å²) < 4.78 is 0. The van der Waals surface area contributed by atoms with Gasteiger partial charge in [-0.25, -0.2) is 0 Å². The molecule has 0 saturated carbocycles. The molecule has 1 heteroatoms. The molecule has 1 rings (SSSR count). The molecule has 0 bridgehead atoms. The first kappa shape index (κ1) is 9.59. The molecule has 1 aromatic carbocycles. The average Bonchev–Trinajstić information content (AvgIpc) is 2.15. The molecule has 0 aliphatic rings. The van der Waals surface area contributed by atoms with Crippen molar-refractivity contribution in [2.45, 2.75) is 0 Å².